The zero-order chi connectivity index (χ0) is 6.69. The number of nitrogens with two attached hydrogens (primary N) is 1. The van der Waals surface area contributed by atoms with Crippen LogP contribution in [0.2, 0.25) is 0 Å². The van der Waals surface area contributed by atoms with Crippen LogP contribution in [0.4, 0.5) is 0 Å². The van der Waals surface area contributed by atoms with E-state index in [0.717, 1.165) is 0 Å². The zero-order valence-corrected chi connectivity index (χ0v) is 4.47. The molecular formula is C3H5N5O. The van der Waals surface area contributed by atoms with Crippen molar-refractivity contribution in [2.45, 2.75) is 0 Å². The Hall–Kier alpha value is -1.59. The number of rotatable bonds is 0. The minimum absolute atomic E-state index is 0.0301. The fourth-order valence-corrected chi connectivity index (χ4v) is 0.381. The molecule has 0 aliphatic carbocycles. The van der Waals surface area contributed by atoms with E-state index < -0.39 is 0 Å². The quantitative estimate of drug-likeness (QED) is 0.246. The van der Waals surface area contributed by atoms with Crippen molar-refractivity contribution >= 4 is 0 Å². The lowest BCUT2D eigenvalue weighted by molar-refractivity contribution is 0.125. The molecule has 1 rings (SSSR count). The predicted octanol–water partition coefficient (Wildman–Crippen LogP) is -1.71. The summed E-state index contributed by atoms with van der Waals surface area (Å²) in [5, 5.41) is 15.2. The molecule has 0 aliphatic heterocycles. The van der Waals surface area contributed by atoms with Crippen molar-refractivity contribution < 1.29 is 5.21 Å². The van der Waals surface area contributed by atoms with Gasteiger partial charge in [-0.1, -0.05) is 4.85 Å². The molecular weight excluding hydrogens is 122 g/mol. The summed E-state index contributed by atoms with van der Waals surface area (Å²) in [6, 6.07) is 0. The third-order valence-corrected chi connectivity index (χ3v) is 0.727. The normalized spacial score (nSPS) is 11.8. The highest BCUT2D eigenvalue weighted by Crippen LogP contribution is 1.60. The lowest BCUT2D eigenvalue weighted by Crippen LogP contribution is -2.25. The third-order valence-electron chi connectivity index (χ3n) is 0.727. The summed E-state index contributed by atoms with van der Waals surface area (Å²) in [4.78, 5) is 4.04. The Morgan fingerprint density at radius 1 is 1.67 bits per heavy atom. The van der Waals surface area contributed by atoms with Gasteiger partial charge in [-0.25, -0.2) is 4.98 Å². The maximum Gasteiger partial charge on any atom is 0.300 e. The van der Waals surface area contributed by atoms with E-state index in [0.29, 0.717) is 4.85 Å². The van der Waals surface area contributed by atoms with E-state index in [1.165, 1.54) is 12.4 Å². The molecule has 0 unspecified atom stereocenters. The molecule has 0 radical (unpaired) electrons. The van der Waals surface area contributed by atoms with Gasteiger partial charge in [0.15, 0.2) is 0 Å². The first-order valence-electron chi connectivity index (χ1n) is 2.18. The van der Waals surface area contributed by atoms with Crippen molar-refractivity contribution in [1.82, 2.24) is 14.9 Å². The first kappa shape index (κ1) is 5.54. The van der Waals surface area contributed by atoms with Gasteiger partial charge in [0, 0.05) is 0 Å². The fraction of sp³-hybridized carbons (Fsp3) is 0. The van der Waals surface area contributed by atoms with Crippen LogP contribution in [0.1, 0.15) is 0 Å². The molecule has 0 saturated heterocycles. The van der Waals surface area contributed by atoms with Crippen LogP contribution >= 0.6 is 0 Å². The van der Waals surface area contributed by atoms with Crippen LogP contribution in [-0.2, 0) is 0 Å². The van der Waals surface area contributed by atoms with Crippen LogP contribution < -0.4 is 11.5 Å². The molecule has 1 aromatic rings. The number of hydrogen-bond donors (Lipinski definition) is 2. The fourth-order valence-electron chi connectivity index (χ4n) is 0.381. The molecule has 0 saturated carbocycles. The summed E-state index contributed by atoms with van der Waals surface area (Å²) in [5.74, 6) is 4.79. The van der Waals surface area contributed by atoms with Gasteiger partial charge in [-0.3, -0.25) is 0 Å². The highest BCUT2D eigenvalue weighted by molar-refractivity contribution is 4.61. The van der Waals surface area contributed by atoms with Crippen LogP contribution in [-0.4, -0.2) is 20.1 Å². The lowest BCUT2D eigenvalue weighted by Gasteiger charge is -1.89. The van der Waals surface area contributed by atoms with Crippen molar-refractivity contribution in [3.63, 3.8) is 0 Å². The van der Waals surface area contributed by atoms with Gasteiger partial charge in [0.2, 0.25) is 0 Å². The monoisotopic (exact) mass is 127 g/mol. The molecule has 0 fully saturated rings. The molecule has 0 atom stereocenters. The van der Waals surface area contributed by atoms with E-state index in [4.69, 9.17) is 11.0 Å². The van der Waals surface area contributed by atoms with Crippen molar-refractivity contribution in [3.8, 4) is 0 Å². The Bertz CT molecular complexity index is 252. The molecule has 6 heteroatoms. The Labute approximate surface area is 50.2 Å². The van der Waals surface area contributed by atoms with Crippen molar-refractivity contribution in [2.24, 2.45) is 10.9 Å². The number of aromatic nitrogens is 3. The molecule has 1 heterocycles. The SMILES string of the molecule is N/N=c1/nccnn1O. The molecule has 0 amide bonds. The first-order valence-corrected chi connectivity index (χ1v) is 2.18. The average Bonchev–Trinajstić information content (AvgIpc) is 1.89. The Morgan fingerprint density at radius 3 is 2.89 bits per heavy atom. The molecule has 1 aromatic heterocycles. The van der Waals surface area contributed by atoms with Gasteiger partial charge in [-0.15, -0.1) is 10.2 Å². The minimum atomic E-state index is -0.0301. The average molecular weight is 127 g/mol. The van der Waals surface area contributed by atoms with Gasteiger partial charge in [0.05, 0.1) is 12.4 Å². The molecule has 3 N–H and O–H groups in total. The molecule has 0 aliphatic rings. The van der Waals surface area contributed by atoms with E-state index in [-0.39, 0.29) is 5.62 Å². The van der Waals surface area contributed by atoms with Crippen molar-refractivity contribution in [3.05, 3.63) is 18.0 Å². The van der Waals surface area contributed by atoms with Crippen molar-refractivity contribution in [2.75, 3.05) is 0 Å². The van der Waals surface area contributed by atoms with Crippen LogP contribution in [0.5, 0.6) is 0 Å². The molecule has 9 heavy (non-hydrogen) atoms. The number of nitrogens with zero attached hydrogens (tertiary/aromatic N) is 4. The molecule has 0 bridgehead atoms. The summed E-state index contributed by atoms with van der Waals surface area (Å²) in [6.45, 7) is 0. The van der Waals surface area contributed by atoms with Crippen molar-refractivity contribution in [1.29, 1.82) is 0 Å². The van der Waals surface area contributed by atoms with Gasteiger partial charge < -0.3 is 11.0 Å². The maximum absolute atomic E-state index is 8.68. The Morgan fingerprint density at radius 2 is 2.44 bits per heavy atom. The van der Waals surface area contributed by atoms with Crippen LogP contribution in [0.3, 0.4) is 0 Å². The highest BCUT2D eigenvalue weighted by Gasteiger charge is 1.84. The molecule has 6 nitrogen and oxygen atoms in total. The topological polar surface area (TPSA) is 89.3 Å². The Kier molecular flexibility index (Phi) is 1.31. The smallest absolute Gasteiger partial charge is 0.300 e. The second-order valence-electron chi connectivity index (χ2n) is 1.26. The molecule has 0 spiro atoms. The maximum atomic E-state index is 8.68. The van der Waals surface area contributed by atoms with Gasteiger partial charge in [-0.2, -0.15) is 0 Å². The van der Waals surface area contributed by atoms with Gasteiger partial charge in [0.1, 0.15) is 0 Å². The van der Waals surface area contributed by atoms with E-state index in [1.807, 2.05) is 0 Å². The summed E-state index contributed by atoms with van der Waals surface area (Å²) >= 11 is 0. The zero-order valence-electron chi connectivity index (χ0n) is 4.47. The Balaban J connectivity index is 3.33. The van der Waals surface area contributed by atoms with E-state index in [9.17, 15) is 0 Å². The summed E-state index contributed by atoms with van der Waals surface area (Å²) in [7, 11) is 0. The summed E-state index contributed by atoms with van der Waals surface area (Å²) < 4.78 is 0. The second-order valence-corrected chi connectivity index (χ2v) is 1.26. The first-order chi connectivity index (χ1) is 4.34. The van der Waals surface area contributed by atoms with Crippen LogP contribution in [0.25, 0.3) is 0 Å². The van der Waals surface area contributed by atoms with E-state index in [2.05, 4.69) is 15.2 Å². The standard InChI is InChI=1S/C3H5N5O/c4-7-3-5-1-2-6-8(3)9/h1-2,9H,4H2/b7-3-. The third kappa shape index (κ3) is 0.958. The molecule has 48 valence electrons. The second kappa shape index (κ2) is 2.12. The van der Waals surface area contributed by atoms with Gasteiger partial charge >= 0.3 is 0 Å². The summed E-state index contributed by atoms with van der Waals surface area (Å²) in [6.07, 6.45) is 2.69. The summed E-state index contributed by atoms with van der Waals surface area (Å²) in [5.41, 5.74) is -0.0301. The van der Waals surface area contributed by atoms with E-state index >= 15 is 0 Å². The van der Waals surface area contributed by atoms with Gasteiger partial charge in [-0.05, 0) is 0 Å². The minimum Gasteiger partial charge on any atom is -0.409 e. The van der Waals surface area contributed by atoms with Crippen LogP contribution in [0, 0.1) is 0 Å². The van der Waals surface area contributed by atoms with E-state index in [1.54, 1.807) is 0 Å². The largest absolute Gasteiger partial charge is 0.409 e. The van der Waals surface area contributed by atoms with Gasteiger partial charge in [0.25, 0.3) is 5.62 Å². The van der Waals surface area contributed by atoms with Crippen LogP contribution in [0.15, 0.2) is 17.5 Å². The highest BCUT2D eigenvalue weighted by atomic mass is 16.5. The predicted molar refractivity (Wildman–Crippen MR) is 27.0 cm³/mol. The number of hydrogen-bond acceptors (Lipinski definition) is 5. The lowest BCUT2D eigenvalue weighted by atomic mass is 10.9. The molecule has 0 aromatic carbocycles.